The Morgan fingerprint density at radius 3 is 1.01 bits per heavy atom. The minimum absolute atomic E-state index is 0.108. The Morgan fingerprint density at radius 1 is 0.341 bits per heavy atom. The molecule has 0 rings (SSSR count). The van der Waals surface area contributed by atoms with E-state index in [4.69, 9.17) is 32.3 Å². The van der Waals surface area contributed by atoms with Crippen molar-refractivity contribution in [1.82, 2.24) is 0 Å². The minimum atomic E-state index is -4.91. The van der Waals surface area contributed by atoms with Gasteiger partial charge in [0, 0.05) is 19.3 Å². The van der Waals surface area contributed by atoms with Crippen LogP contribution in [0.4, 0.5) is 0 Å². The maximum atomic E-state index is 12.9. The molecular weight excluding hydrogens is 1120 g/mol. The first-order chi connectivity index (χ1) is 41.2. The molecule has 0 fully saturated rings. The first kappa shape index (κ1) is 82.0. The average Bonchev–Trinajstić information content (AvgIpc) is 3.51. The summed E-state index contributed by atoms with van der Waals surface area (Å²) in [7, 11) is -9.76. The molecule has 494 valence electrons. The van der Waals surface area contributed by atoms with Crippen molar-refractivity contribution in [2.75, 3.05) is 39.6 Å². The summed E-state index contributed by atoms with van der Waals surface area (Å²) in [4.78, 5) is 58.2. The highest BCUT2D eigenvalue weighted by atomic mass is 31.2. The zero-order valence-corrected chi connectivity index (χ0v) is 55.1. The van der Waals surface area contributed by atoms with Crippen LogP contribution in [-0.4, -0.2) is 95.9 Å². The van der Waals surface area contributed by atoms with Crippen LogP contribution in [-0.2, 0) is 55.8 Å². The topological polar surface area (TPSA) is 231 Å². The third-order valence-corrected chi connectivity index (χ3v) is 15.8. The summed E-state index contributed by atoms with van der Waals surface area (Å²) in [5.74, 6) is -1.58. The monoisotopic (exact) mass is 1240 g/mol. The fourth-order valence-electron chi connectivity index (χ4n) is 8.83. The summed E-state index contributed by atoms with van der Waals surface area (Å²) in [5.41, 5.74) is 0. The zero-order valence-electron chi connectivity index (χ0n) is 53.3. The van der Waals surface area contributed by atoms with Crippen molar-refractivity contribution in [2.45, 2.75) is 296 Å². The van der Waals surface area contributed by atoms with Crippen molar-refractivity contribution < 1.29 is 75.8 Å². The second kappa shape index (κ2) is 61.2. The molecule has 0 amide bonds. The maximum Gasteiger partial charge on any atom is 0.472 e. The van der Waals surface area contributed by atoms with Gasteiger partial charge in [-0.25, -0.2) is 9.13 Å². The number of phosphoric ester groups is 2. The largest absolute Gasteiger partial charge is 0.472 e. The molecule has 0 saturated heterocycles. The van der Waals surface area contributed by atoms with Crippen LogP contribution in [0.2, 0.25) is 0 Å². The van der Waals surface area contributed by atoms with E-state index in [9.17, 15) is 43.5 Å². The summed E-state index contributed by atoms with van der Waals surface area (Å²) >= 11 is 0. The third-order valence-electron chi connectivity index (χ3n) is 13.9. The van der Waals surface area contributed by atoms with Gasteiger partial charge in [-0.2, -0.15) is 0 Å². The smallest absolute Gasteiger partial charge is 0.463 e. The Kier molecular flexibility index (Phi) is 59.1. The maximum absolute atomic E-state index is 12.9. The van der Waals surface area contributed by atoms with E-state index in [1.165, 1.54) is 77.0 Å². The molecule has 5 unspecified atom stereocenters. The number of carbonyl (C=O) groups excluding carboxylic acids is 3. The van der Waals surface area contributed by atoms with E-state index in [2.05, 4.69) is 93.7 Å². The predicted molar refractivity (Wildman–Crippen MR) is 344 cm³/mol. The molecule has 0 aliphatic rings. The number of rotatable bonds is 63. The van der Waals surface area contributed by atoms with Crippen LogP contribution in [0.25, 0.3) is 0 Å². The van der Waals surface area contributed by atoms with Gasteiger partial charge in [0.15, 0.2) is 6.10 Å². The molecule has 18 heteroatoms. The Balaban J connectivity index is 4.55. The van der Waals surface area contributed by atoms with Crippen LogP contribution < -0.4 is 0 Å². The van der Waals surface area contributed by atoms with Crippen molar-refractivity contribution in [1.29, 1.82) is 0 Å². The summed E-state index contributed by atoms with van der Waals surface area (Å²) in [6.07, 6.45) is 62.4. The van der Waals surface area contributed by atoms with Crippen LogP contribution in [0.3, 0.4) is 0 Å². The fourth-order valence-corrected chi connectivity index (χ4v) is 10.4. The second-order valence-corrected chi connectivity index (χ2v) is 25.2. The summed E-state index contributed by atoms with van der Waals surface area (Å²) < 4.78 is 60.8. The Bertz CT molecular complexity index is 1850. The molecule has 16 nitrogen and oxygen atoms in total. The fraction of sp³-hybridized carbons (Fsp3) is 0.776. The van der Waals surface area contributed by atoms with Crippen molar-refractivity contribution in [3.8, 4) is 0 Å². The number of esters is 3. The van der Waals surface area contributed by atoms with Crippen molar-refractivity contribution in [3.05, 3.63) is 72.9 Å². The van der Waals surface area contributed by atoms with Gasteiger partial charge in [-0.05, 0) is 89.9 Å². The normalized spacial score (nSPS) is 14.8. The molecule has 0 aromatic rings. The number of unbranched alkanes of at least 4 members (excludes halogenated alkanes) is 28. The summed E-state index contributed by atoms with van der Waals surface area (Å²) in [6, 6.07) is 0. The van der Waals surface area contributed by atoms with Crippen molar-refractivity contribution >= 4 is 33.6 Å². The Labute approximate surface area is 515 Å². The van der Waals surface area contributed by atoms with Gasteiger partial charge in [0.2, 0.25) is 0 Å². The van der Waals surface area contributed by atoms with Gasteiger partial charge in [0.1, 0.15) is 25.4 Å². The average molecular weight is 1240 g/mol. The van der Waals surface area contributed by atoms with E-state index in [-0.39, 0.29) is 19.3 Å². The number of aliphatic hydroxyl groups is 2. The molecule has 0 bridgehead atoms. The van der Waals surface area contributed by atoms with Gasteiger partial charge in [0.25, 0.3) is 0 Å². The van der Waals surface area contributed by atoms with Gasteiger partial charge in [-0.3, -0.25) is 32.5 Å². The molecule has 0 aromatic heterocycles. The molecule has 0 aliphatic heterocycles. The van der Waals surface area contributed by atoms with Crippen molar-refractivity contribution in [2.24, 2.45) is 0 Å². The van der Waals surface area contributed by atoms with Gasteiger partial charge < -0.3 is 34.2 Å². The predicted octanol–water partition coefficient (Wildman–Crippen LogP) is 18.0. The highest BCUT2D eigenvalue weighted by molar-refractivity contribution is 7.47. The van der Waals surface area contributed by atoms with E-state index in [1.807, 2.05) is 0 Å². The van der Waals surface area contributed by atoms with E-state index < -0.39 is 91.5 Å². The molecule has 0 aromatic carbocycles. The minimum Gasteiger partial charge on any atom is -0.463 e. The second-order valence-electron chi connectivity index (χ2n) is 22.2. The number of hydrogen-bond acceptors (Lipinski definition) is 14. The van der Waals surface area contributed by atoms with Gasteiger partial charge >= 0.3 is 33.6 Å². The van der Waals surface area contributed by atoms with E-state index in [0.717, 1.165) is 141 Å². The standard InChI is InChI=1S/C67H120O16P2/c1-4-7-10-13-16-19-22-25-26-27-28-29-30-31-32-33-34-37-39-41-44-47-50-53-65(70)77-56-62(68)57-79-84(73,74)80-58-63(69)59-81-85(75,76)82-61-64(83-67(72)55-52-49-46-43-40-36-24-21-18-15-12-9-6-3)60-78-66(71)54-51-48-45-42-38-35-23-20-17-14-11-8-5-2/h7,10,16,19-20,23,25-26,28-29,31-32,62-64,68-69H,4-6,8-9,11-15,17-18,21-22,24,27,30,33-61H2,1-3H3,(H,73,74)(H,75,76)/b10-7-,19-16-,23-20-,26-25-,29-28-,32-31-. The third kappa shape index (κ3) is 62.4. The quantitative estimate of drug-likeness (QED) is 0.0146. The summed E-state index contributed by atoms with van der Waals surface area (Å²) in [6.45, 7) is 2.53. The number of phosphoric acid groups is 2. The Morgan fingerprint density at radius 2 is 0.624 bits per heavy atom. The number of carbonyl (C=O) groups is 3. The number of hydrogen-bond donors (Lipinski definition) is 4. The van der Waals surface area contributed by atoms with E-state index in [0.29, 0.717) is 19.3 Å². The molecule has 0 saturated carbocycles. The lowest BCUT2D eigenvalue weighted by Gasteiger charge is -2.21. The lowest BCUT2D eigenvalue weighted by molar-refractivity contribution is -0.161. The Hall–Kier alpha value is -3.01. The van der Waals surface area contributed by atoms with Gasteiger partial charge in [0.05, 0.1) is 26.4 Å². The van der Waals surface area contributed by atoms with Crippen LogP contribution in [0.1, 0.15) is 278 Å². The van der Waals surface area contributed by atoms with Crippen LogP contribution >= 0.6 is 15.6 Å². The number of ether oxygens (including phenoxy) is 3. The molecule has 0 aliphatic carbocycles. The lowest BCUT2D eigenvalue weighted by Crippen LogP contribution is -2.30. The molecule has 0 heterocycles. The number of aliphatic hydroxyl groups excluding tert-OH is 2. The molecule has 0 spiro atoms. The van der Waals surface area contributed by atoms with Crippen LogP contribution in [0.5, 0.6) is 0 Å². The van der Waals surface area contributed by atoms with Gasteiger partial charge in [-0.1, -0.05) is 241 Å². The highest BCUT2D eigenvalue weighted by Gasteiger charge is 2.29. The van der Waals surface area contributed by atoms with Crippen LogP contribution in [0, 0.1) is 0 Å². The molecular formula is C67H120O16P2. The molecule has 5 atom stereocenters. The van der Waals surface area contributed by atoms with Crippen LogP contribution in [0.15, 0.2) is 72.9 Å². The first-order valence-electron chi connectivity index (χ1n) is 33.2. The SMILES string of the molecule is CC/C=C\C/C=C\C/C=C\C/C=C\C/C=C\CCCCCCCCCC(=O)OCC(O)COP(=O)(O)OCC(O)COP(=O)(O)OCC(COC(=O)CCCCCCC/C=C\CCCCCC)OC(=O)CCCCCCCCCCCCCCC. The van der Waals surface area contributed by atoms with E-state index in [1.54, 1.807) is 0 Å². The lowest BCUT2D eigenvalue weighted by atomic mass is 10.0. The molecule has 85 heavy (non-hydrogen) atoms. The highest BCUT2D eigenvalue weighted by Crippen LogP contribution is 2.45. The number of allylic oxidation sites excluding steroid dienone is 12. The zero-order chi connectivity index (χ0) is 62.4. The van der Waals surface area contributed by atoms with Gasteiger partial charge in [-0.15, -0.1) is 0 Å². The molecule has 0 radical (unpaired) electrons. The van der Waals surface area contributed by atoms with Crippen molar-refractivity contribution in [3.63, 3.8) is 0 Å². The first-order valence-corrected chi connectivity index (χ1v) is 36.2. The molecule has 4 N–H and O–H groups in total. The summed E-state index contributed by atoms with van der Waals surface area (Å²) in [5, 5.41) is 20.5. The van der Waals surface area contributed by atoms with E-state index >= 15 is 0 Å².